The average Bonchev–Trinajstić information content (AvgIpc) is 1.48. The van der Waals surface area contributed by atoms with E-state index in [0.717, 1.165) is 90.2 Å². The zero-order valence-electron chi connectivity index (χ0n) is 90.1. The van der Waals surface area contributed by atoms with Gasteiger partial charge in [0.25, 0.3) is 20.1 Å². The number of benzene rings is 15. The second-order valence-electron chi connectivity index (χ2n) is 53.7. The van der Waals surface area contributed by atoms with Gasteiger partial charge in [0.15, 0.2) is 0 Å². The minimum atomic E-state index is -0.386. The van der Waals surface area contributed by atoms with Gasteiger partial charge in [-0.2, -0.15) is 0 Å². The van der Waals surface area contributed by atoms with Gasteiger partial charge < -0.3 is 37.6 Å². The number of aromatic nitrogens is 5. The second-order valence-corrected chi connectivity index (χ2v) is 54.4. The molecule has 5 aromatic heterocycles. The van der Waals surface area contributed by atoms with Crippen molar-refractivity contribution in [1.29, 1.82) is 0 Å². The van der Waals surface area contributed by atoms with Gasteiger partial charge in [-0.1, -0.05) is 281 Å². The van der Waals surface area contributed by atoms with E-state index >= 15 is 0 Å². The van der Waals surface area contributed by atoms with Crippen LogP contribution in [0, 0.1) is 0 Å². The SMILES string of the molecule is CSN1c2cc3c(cc2B2c4c1cc(-n1c5ccc(C(C)(C)C)cc5c5cc(C(C)(C)C)ccc51)cc4-n1c4ccc(C(C)(C)C)cc4c4cc(C(C)(C)C)cc2c41)B1c2cc4c(cc2Oc2cc(-n5c6ccc(C(C)(C)C)cc6c6cc(C(C)(C)C)ccc65)cc(c21)O3)Nc1cc(-n2c3ccc(C(C)(C)C)cc3c3cc(C(C)(C)C)ccc32)cc2c1B4c1cc(C(C)(C)C)cc3c4cc(C(C)(C)C)ccc4n-2c13. The van der Waals surface area contributed by atoms with Gasteiger partial charge in [-0.05, 0) is 299 Å². The third-order valence-electron chi connectivity index (χ3n) is 33.7. The highest BCUT2D eigenvalue weighted by molar-refractivity contribution is 8.00. The highest BCUT2D eigenvalue weighted by atomic mass is 32.2. The molecule has 1 N–H and O–H groups in total. The molecule has 0 fully saturated rings. The lowest BCUT2D eigenvalue weighted by Crippen LogP contribution is -2.64. The minimum absolute atomic E-state index is 0.0712. The first kappa shape index (κ1) is 91.0. The van der Waals surface area contributed by atoms with E-state index in [2.05, 4.69) is 477 Å². The molecule has 0 amide bonds. The van der Waals surface area contributed by atoms with Crippen molar-refractivity contribution in [3.05, 3.63) is 286 Å². The van der Waals surface area contributed by atoms with Crippen LogP contribution < -0.4 is 68.3 Å². The number of hydrogen-bond donors (Lipinski definition) is 1. The molecule has 6 aliphatic heterocycles. The van der Waals surface area contributed by atoms with Gasteiger partial charge >= 0.3 is 0 Å². The van der Waals surface area contributed by atoms with E-state index in [1.807, 2.05) is 0 Å². The lowest BCUT2D eigenvalue weighted by molar-refractivity contribution is 0.464. The van der Waals surface area contributed by atoms with Crippen molar-refractivity contribution in [2.45, 2.75) is 262 Å². The Labute approximate surface area is 854 Å². The molecule has 15 aromatic carbocycles. The van der Waals surface area contributed by atoms with Gasteiger partial charge in [-0.3, -0.25) is 4.31 Å². The molecule has 0 atom stereocenters. The molecule has 0 aliphatic carbocycles. The van der Waals surface area contributed by atoms with Crippen LogP contribution in [0.1, 0.15) is 263 Å². The molecule has 11 heterocycles. The summed E-state index contributed by atoms with van der Waals surface area (Å²) in [6, 6.07) is 93.6. The van der Waals surface area contributed by atoms with Crippen molar-refractivity contribution < 1.29 is 9.47 Å². The van der Waals surface area contributed by atoms with E-state index in [0.29, 0.717) is 0 Å². The van der Waals surface area contributed by atoms with Crippen LogP contribution in [-0.2, 0) is 54.1 Å². The highest BCUT2D eigenvalue weighted by Crippen LogP contribution is 2.53. The van der Waals surface area contributed by atoms with Gasteiger partial charge in [0.05, 0.1) is 72.6 Å². The summed E-state index contributed by atoms with van der Waals surface area (Å²) < 4.78 is 31.9. The van der Waals surface area contributed by atoms with Crippen LogP contribution in [0.15, 0.2) is 231 Å². The number of nitrogens with one attached hydrogen (secondary N) is 1. The van der Waals surface area contributed by atoms with Crippen LogP contribution in [0.2, 0.25) is 0 Å². The number of fused-ring (bicyclic) bond motifs is 27. The molecule has 0 saturated carbocycles. The molecule has 0 spiro atoms. The molecule has 13 heteroatoms. The fourth-order valence-corrected chi connectivity index (χ4v) is 26.1. The van der Waals surface area contributed by atoms with Crippen molar-refractivity contribution in [3.63, 3.8) is 0 Å². The maximum Gasteiger partial charge on any atom is 0.260 e. The summed E-state index contributed by atoms with van der Waals surface area (Å²) in [5.41, 5.74) is 44.8. The molecular formula is C131H132B3N7O2S. The van der Waals surface area contributed by atoms with Gasteiger partial charge in [-0.15, -0.1) is 0 Å². The van der Waals surface area contributed by atoms with Crippen LogP contribution in [0.5, 0.6) is 23.0 Å². The minimum Gasteiger partial charge on any atom is -0.458 e. The third kappa shape index (κ3) is 13.2. The number of hydrogen-bond acceptors (Lipinski definition) is 5. The van der Waals surface area contributed by atoms with Crippen molar-refractivity contribution in [2.75, 3.05) is 15.9 Å². The topological polar surface area (TPSA) is 58.4 Å². The maximum atomic E-state index is 8.17. The molecule has 9 nitrogen and oxygen atoms in total. The first-order chi connectivity index (χ1) is 67.6. The van der Waals surface area contributed by atoms with E-state index in [4.69, 9.17) is 9.47 Å². The first-order valence-electron chi connectivity index (χ1n) is 52.5. The predicted octanol–water partition coefficient (Wildman–Crippen LogP) is 29.3. The third-order valence-corrected chi connectivity index (χ3v) is 34.5. The average molecular weight is 1900 g/mol. The number of rotatable bonds is 4. The second kappa shape index (κ2) is 29.3. The largest absolute Gasteiger partial charge is 0.458 e. The fourth-order valence-electron chi connectivity index (χ4n) is 25.4. The van der Waals surface area contributed by atoms with Crippen LogP contribution in [0.4, 0.5) is 22.7 Å². The smallest absolute Gasteiger partial charge is 0.260 e. The van der Waals surface area contributed by atoms with Crippen LogP contribution in [-0.4, -0.2) is 49.2 Å². The molecular weight excluding hydrogens is 1770 g/mol. The number of nitrogens with zero attached hydrogens (tertiary/aromatic N) is 6. The van der Waals surface area contributed by atoms with Crippen molar-refractivity contribution in [2.24, 2.45) is 0 Å². The van der Waals surface area contributed by atoms with E-state index in [9.17, 15) is 0 Å². The summed E-state index contributed by atoms with van der Waals surface area (Å²) in [5.74, 6) is 3.20. The standard InChI is InChI=1S/C131H132B3N7O2S/c1-122(2,3)70-32-40-101-83(48-70)84-49-71(123(4,5)6)33-41-102(84)136(101)80-60-100-117-110(61-80)139-107-46-38-76(128(19,20)21)54-89(107)91-56-78(130(25,26)27)58-97(120(91)139)132(117)93-66-95-113(68-99(93)135-100)142-115-64-82(138-105-44-36-74(126(13,14)15)52-87(105)88-53-75(127(16,17)18)37-45-106(88)138)65-116-119(115)134(95)96-67-94-109(69-114(96)143-116)141(144-31)112-63-81(137-103-42-34-72(124(7,8)9)50-85(103)86-51-73(125(10,11)12)35-43-104(86)137)62-111-118(112)133(94)98-59-79(131(28,29)30)57-92-90-55-77(129(22,23)24)39-47-108(90)140(111)121(92)98/h32-69,135H,1-31H3. The summed E-state index contributed by atoms with van der Waals surface area (Å²) in [7, 11) is 0. The zero-order chi connectivity index (χ0) is 101. The van der Waals surface area contributed by atoms with E-state index in [-0.39, 0.29) is 74.3 Å². The normalized spacial score (nSPS) is 14.6. The molecule has 0 bridgehead atoms. The zero-order valence-corrected chi connectivity index (χ0v) is 90.9. The summed E-state index contributed by atoms with van der Waals surface area (Å²) in [6.07, 6.45) is 2.29. The summed E-state index contributed by atoms with van der Waals surface area (Å²) in [5, 5.41) is 17.0. The lowest BCUT2D eigenvalue weighted by atomic mass is 9.30. The van der Waals surface area contributed by atoms with Crippen LogP contribution in [0.3, 0.4) is 0 Å². The Balaban J connectivity index is 0.760. The summed E-state index contributed by atoms with van der Waals surface area (Å²) >= 11 is 1.79. The molecule has 718 valence electrons. The van der Waals surface area contributed by atoms with Crippen molar-refractivity contribution in [1.82, 2.24) is 22.8 Å². The first-order valence-corrected chi connectivity index (χ1v) is 53.7. The molecule has 20 aromatic rings. The Morgan fingerprint density at radius 3 is 0.812 bits per heavy atom. The number of ether oxygens (including phenoxy) is 2. The van der Waals surface area contributed by atoms with E-state index in [1.165, 1.54) is 198 Å². The predicted molar refractivity (Wildman–Crippen MR) is 624 cm³/mol. The Hall–Kier alpha value is -13.0. The Kier molecular flexibility index (Phi) is 18.5. The molecule has 144 heavy (non-hydrogen) atoms. The van der Waals surface area contributed by atoms with E-state index < -0.39 is 0 Å². The highest BCUT2D eigenvalue weighted by Gasteiger charge is 2.51. The molecule has 0 radical (unpaired) electrons. The van der Waals surface area contributed by atoms with Gasteiger partial charge in [0.1, 0.15) is 23.0 Å². The fraction of sp³-hybridized carbons (Fsp3) is 0.313. The maximum absolute atomic E-state index is 8.17. The van der Waals surface area contributed by atoms with Gasteiger partial charge in [0.2, 0.25) is 0 Å². The van der Waals surface area contributed by atoms with Crippen molar-refractivity contribution >= 4 is 213 Å². The molecule has 6 aliphatic rings. The number of anilines is 4. The van der Waals surface area contributed by atoms with E-state index in [1.54, 1.807) is 11.9 Å². The summed E-state index contributed by atoms with van der Waals surface area (Å²) in [4.78, 5) is 0. The van der Waals surface area contributed by atoms with Gasteiger partial charge in [0, 0.05) is 124 Å². The quantitative estimate of drug-likeness (QED) is 0.141. The van der Waals surface area contributed by atoms with Gasteiger partial charge in [-0.25, -0.2) is 0 Å². The molecule has 0 saturated heterocycles. The van der Waals surface area contributed by atoms with Crippen molar-refractivity contribution in [3.8, 4) is 51.4 Å². The van der Waals surface area contributed by atoms with Crippen LogP contribution >= 0.6 is 11.9 Å². The Morgan fingerprint density at radius 1 is 0.208 bits per heavy atom. The molecule has 26 rings (SSSR count). The monoisotopic (exact) mass is 1900 g/mol. The molecule has 0 unspecified atom stereocenters. The lowest BCUT2D eigenvalue weighted by Gasteiger charge is -2.41. The summed E-state index contributed by atoms with van der Waals surface area (Å²) in [6.45, 7) is 69.9. The van der Waals surface area contributed by atoms with Crippen LogP contribution in [0.25, 0.3) is 137 Å². The Morgan fingerprint density at radius 2 is 0.479 bits per heavy atom. The Bertz CT molecular complexity index is 9010.